The number of carbonyl (C=O) groups is 1. The fourth-order valence-electron chi connectivity index (χ4n) is 2.91. The number of sulfone groups is 1. The lowest BCUT2D eigenvalue weighted by Crippen LogP contribution is -2.03. The molecule has 7 heteroatoms. The van der Waals surface area contributed by atoms with Crippen molar-refractivity contribution >= 4 is 33.6 Å². The standard InChI is InChI=1S/C25H31NO5S/c1-3-25(27)31-30-20-8-6-4-5-7-19-26-23-15-11-21(12-16-23)9-10-22-13-17-24(18-14-22)32(2,28)29/h3,9-18,26H,1,4-8,19-20H2,2H3. The topological polar surface area (TPSA) is 81.7 Å². The van der Waals surface area contributed by atoms with Gasteiger partial charge < -0.3 is 5.32 Å². The molecule has 1 N–H and O–H groups in total. The summed E-state index contributed by atoms with van der Waals surface area (Å²) in [6.07, 6.45) is 11.4. The number of hydrogen-bond donors (Lipinski definition) is 1. The molecule has 2 aromatic carbocycles. The van der Waals surface area contributed by atoms with Gasteiger partial charge in [-0.05, 0) is 48.2 Å². The highest BCUT2D eigenvalue weighted by Crippen LogP contribution is 2.15. The van der Waals surface area contributed by atoms with Gasteiger partial charge in [-0.25, -0.2) is 13.2 Å². The lowest BCUT2D eigenvalue weighted by Gasteiger charge is -2.07. The van der Waals surface area contributed by atoms with Crippen molar-refractivity contribution in [2.45, 2.75) is 37.0 Å². The van der Waals surface area contributed by atoms with E-state index in [-0.39, 0.29) is 0 Å². The van der Waals surface area contributed by atoms with Gasteiger partial charge in [0.25, 0.3) is 0 Å². The van der Waals surface area contributed by atoms with E-state index in [1.165, 1.54) is 6.26 Å². The average Bonchev–Trinajstić information content (AvgIpc) is 2.79. The number of benzene rings is 2. The predicted molar refractivity (Wildman–Crippen MR) is 129 cm³/mol. The van der Waals surface area contributed by atoms with E-state index in [0.29, 0.717) is 11.5 Å². The third kappa shape index (κ3) is 9.94. The Morgan fingerprint density at radius 3 is 2.06 bits per heavy atom. The highest BCUT2D eigenvalue weighted by Gasteiger charge is 2.05. The summed E-state index contributed by atoms with van der Waals surface area (Å²) in [7, 11) is -3.17. The maximum absolute atomic E-state index is 11.5. The Hall–Kier alpha value is -2.90. The Bertz CT molecular complexity index is 980. The first-order valence-electron chi connectivity index (χ1n) is 10.7. The fourth-order valence-corrected chi connectivity index (χ4v) is 3.54. The second kappa shape index (κ2) is 13.5. The first-order valence-corrected chi connectivity index (χ1v) is 12.6. The lowest BCUT2D eigenvalue weighted by molar-refractivity contribution is -0.267. The molecule has 32 heavy (non-hydrogen) atoms. The van der Waals surface area contributed by atoms with Gasteiger partial charge in [-0.2, -0.15) is 4.89 Å². The molecule has 0 aliphatic heterocycles. The predicted octanol–water partition coefficient (Wildman–Crippen LogP) is 5.28. The molecule has 0 heterocycles. The Balaban J connectivity index is 1.61. The summed E-state index contributed by atoms with van der Waals surface area (Å²) in [5.41, 5.74) is 3.10. The Morgan fingerprint density at radius 2 is 1.47 bits per heavy atom. The van der Waals surface area contributed by atoms with Crippen LogP contribution in [-0.4, -0.2) is 33.8 Å². The summed E-state index contributed by atoms with van der Waals surface area (Å²) in [4.78, 5) is 20.4. The average molecular weight is 458 g/mol. The molecule has 0 radical (unpaired) electrons. The van der Waals surface area contributed by atoms with E-state index in [2.05, 4.69) is 16.8 Å². The number of nitrogens with one attached hydrogen (secondary N) is 1. The molecule has 2 rings (SSSR count). The number of unbranched alkanes of at least 4 members (excludes halogenated alkanes) is 4. The number of anilines is 1. The van der Waals surface area contributed by atoms with Crippen LogP contribution in [-0.2, 0) is 24.4 Å². The van der Waals surface area contributed by atoms with Crippen LogP contribution in [0.5, 0.6) is 0 Å². The van der Waals surface area contributed by atoms with Gasteiger partial charge in [0.15, 0.2) is 9.84 Å². The normalized spacial score (nSPS) is 11.4. The van der Waals surface area contributed by atoms with Gasteiger partial charge in [-0.15, -0.1) is 0 Å². The van der Waals surface area contributed by atoms with E-state index in [9.17, 15) is 13.2 Å². The van der Waals surface area contributed by atoms with E-state index < -0.39 is 15.8 Å². The van der Waals surface area contributed by atoms with Gasteiger partial charge in [-0.1, -0.05) is 62.3 Å². The molecule has 0 saturated heterocycles. The smallest absolute Gasteiger partial charge is 0.365 e. The van der Waals surface area contributed by atoms with Gasteiger partial charge in [-0.3, -0.25) is 4.89 Å². The van der Waals surface area contributed by atoms with Crippen molar-refractivity contribution in [2.24, 2.45) is 0 Å². The number of carbonyl (C=O) groups excluding carboxylic acids is 1. The molecule has 0 saturated carbocycles. The zero-order chi connectivity index (χ0) is 23.2. The highest BCUT2D eigenvalue weighted by molar-refractivity contribution is 7.90. The van der Waals surface area contributed by atoms with Crippen LogP contribution in [0.3, 0.4) is 0 Å². The zero-order valence-electron chi connectivity index (χ0n) is 18.5. The summed E-state index contributed by atoms with van der Waals surface area (Å²) in [5, 5.41) is 3.42. The fraction of sp³-hybridized carbons (Fsp3) is 0.320. The molecule has 0 aliphatic rings. The van der Waals surface area contributed by atoms with Gasteiger partial charge >= 0.3 is 5.97 Å². The minimum Gasteiger partial charge on any atom is -0.385 e. The van der Waals surface area contributed by atoms with Crippen LogP contribution in [0.2, 0.25) is 0 Å². The van der Waals surface area contributed by atoms with Crippen molar-refractivity contribution in [1.29, 1.82) is 0 Å². The molecular formula is C25H31NO5S. The van der Waals surface area contributed by atoms with E-state index in [1.54, 1.807) is 24.3 Å². The number of hydrogen-bond acceptors (Lipinski definition) is 6. The zero-order valence-corrected chi connectivity index (χ0v) is 19.3. The first kappa shape index (κ1) is 25.4. The van der Waals surface area contributed by atoms with Gasteiger partial charge in [0.1, 0.15) is 0 Å². The molecule has 0 aromatic heterocycles. The number of rotatable bonds is 14. The largest absolute Gasteiger partial charge is 0.385 e. The van der Waals surface area contributed by atoms with Crippen molar-refractivity contribution in [3.63, 3.8) is 0 Å². The van der Waals surface area contributed by atoms with Crippen LogP contribution in [0.25, 0.3) is 12.2 Å². The van der Waals surface area contributed by atoms with E-state index in [1.807, 2.05) is 36.4 Å². The van der Waals surface area contributed by atoms with Crippen LogP contribution < -0.4 is 5.32 Å². The van der Waals surface area contributed by atoms with E-state index in [0.717, 1.165) is 61.5 Å². The lowest BCUT2D eigenvalue weighted by atomic mass is 10.1. The van der Waals surface area contributed by atoms with E-state index in [4.69, 9.17) is 4.89 Å². The van der Waals surface area contributed by atoms with Crippen molar-refractivity contribution in [3.8, 4) is 0 Å². The van der Waals surface area contributed by atoms with Crippen molar-refractivity contribution in [3.05, 3.63) is 72.3 Å². The maximum Gasteiger partial charge on any atom is 0.365 e. The Labute approximate surface area is 190 Å². The second-order valence-corrected chi connectivity index (χ2v) is 9.44. The molecule has 0 aliphatic carbocycles. The molecular weight excluding hydrogens is 426 g/mol. The monoisotopic (exact) mass is 457 g/mol. The van der Waals surface area contributed by atoms with Crippen LogP contribution in [0, 0.1) is 0 Å². The maximum atomic E-state index is 11.5. The highest BCUT2D eigenvalue weighted by atomic mass is 32.2. The van der Waals surface area contributed by atoms with Crippen LogP contribution >= 0.6 is 0 Å². The summed E-state index contributed by atoms with van der Waals surface area (Å²) in [5.74, 6) is -0.568. The van der Waals surface area contributed by atoms with Crippen LogP contribution in [0.15, 0.2) is 66.1 Å². The Kier molecular flexibility index (Phi) is 10.7. The SMILES string of the molecule is C=CC(=O)OOCCCCCCCNc1ccc(C=Cc2ccc(S(C)(=O)=O)cc2)cc1. The van der Waals surface area contributed by atoms with Gasteiger partial charge in [0.2, 0.25) is 0 Å². The molecule has 0 atom stereocenters. The summed E-state index contributed by atoms with van der Waals surface area (Å²) < 4.78 is 23.0. The molecule has 0 amide bonds. The van der Waals surface area contributed by atoms with Crippen LogP contribution in [0.1, 0.15) is 43.2 Å². The van der Waals surface area contributed by atoms with Crippen molar-refractivity contribution < 1.29 is 23.0 Å². The van der Waals surface area contributed by atoms with Gasteiger partial charge in [0, 0.05) is 24.6 Å². The first-order chi connectivity index (χ1) is 15.4. The van der Waals surface area contributed by atoms with Crippen molar-refractivity contribution in [1.82, 2.24) is 0 Å². The second-order valence-electron chi connectivity index (χ2n) is 7.42. The molecule has 0 fully saturated rings. The molecule has 0 spiro atoms. The van der Waals surface area contributed by atoms with Crippen molar-refractivity contribution in [2.75, 3.05) is 24.7 Å². The molecule has 2 aromatic rings. The Morgan fingerprint density at radius 1 is 0.906 bits per heavy atom. The molecule has 0 unspecified atom stereocenters. The quantitative estimate of drug-likeness (QED) is 0.137. The van der Waals surface area contributed by atoms with E-state index >= 15 is 0 Å². The minimum absolute atomic E-state index is 0.325. The minimum atomic E-state index is -3.17. The summed E-state index contributed by atoms with van der Waals surface area (Å²) in [6.45, 7) is 4.61. The third-order valence-corrected chi connectivity index (χ3v) is 5.86. The van der Waals surface area contributed by atoms with Crippen LogP contribution in [0.4, 0.5) is 5.69 Å². The third-order valence-electron chi connectivity index (χ3n) is 4.73. The summed E-state index contributed by atoms with van der Waals surface area (Å²) in [6, 6.07) is 15.0. The van der Waals surface area contributed by atoms with Gasteiger partial charge in [0.05, 0.1) is 11.5 Å². The molecule has 172 valence electrons. The molecule has 6 nitrogen and oxygen atoms in total. The summed E-state index contributed by atoms with van der Waals surface area (Å²) >= 11 is 0. The molecule has 0 bridgehead atoms.